The van der Waals surface area contributed by atoms with E-state index in [0.717, 1.165) is 0 Å². The molecule has 0 spiro atoms. The van der Waals surface area contributed by atoms with Crippen molar-refractivity contribution in [3.8, 4) is 0 Å². The predicted molar refractivity (Wildman–Crippen MR) is 52.9 cm³/mol. The second kappa shape index (κ2) is 4.58. The molecule has 0 aliphatic carbocycles. The number of esters is 1. The first-order valence-electron chi connectivity index (χ1n) is 3.63. The van der Waals surface area contributed by atoms with Gasteiger partial charge >= 0.3 is 5.97 Å². The molecule has 1 aromatic heterocycles. The summed E-state index contributed by atoms with van der Waals surface area (Å²) >= 11 is 8.93. The number of aromatic nitrogens is 1. The van der Waals surface area contributed by atoms with Crippen molar-refractivity contribution in [2.45, 2.75) is 6.92 Å². The number of hydrogen-bond acceptors (Lipinski definition) is 3. The summed E-state index contributed by atoms with van der Waals surface area (Å²) in [6, 6.07) is 1.46. The maximum absolute atomic E-state index is 11.1. The van der Waals surface area contributed by atoms with E-state index in [1.54, 1.807) is 6.92 Å². The van der Waals surface area contributed by atoms with Crippen LogP contribution in [0.15, 0.2) is 16.7 Å². The summed E-state index contributed by atoms with van der Waals surface area (Å²) in [5.41, 5.74) is 0.218. The number of nitrogens with zero attached hydrogens (tertiary/aromatic N) is 1. The normalized spacial score (nSPS) is 9.77. The Morgan fingerprint density at radius 3 is 3.00 bits per heavy atom. The number of rotatable bonds is 2. The lowest BCUT2D eigenvalue weighted by molar-refractivity contribution is 0.0519. The van der Waals surface area contributed by atoms with Crippen LogP contribution >= 0.6 is 27.5 Å². The van der Waals surface area contributed by atoms with Crippen molar-refractivity contribution >= 4 is 33.5 Å². The zero-order valence-corrected chi connectivity index (χ0v) is 9.22. The van der Waals surface area contributed by atoms with Crippen molar-refractivity contribution in [2.24, 2.45) is 0 Å². The van der Waals surface area contributed by atoms with E-state index in [9.17, 15) is 4.79 Å². The standard InChI is InChI=1S/C8H7BrClNO2/c1-2-13-8(12)7-3-6(10)5(9)4-11-7/h3-4H,2H2,1H3. The van der Waals surface area contributed by atoms with Crippen LogP contribution in [0.3, 0.4) is 0 Å². The second-order valence-corrected chi connectivity index (χ2v) is 3.47. The summed E-state index contributed by atoms with van der Waals surface area (Å²) in [5, 5.41) is 0.443. The lowest BCUT2D eigenvalue weighted by atomic mass is 10.3. The maximum Gasteiger partial charge on any atom is 0.356 e. The van der Waals surface area contributed by atoms with E-state index < -0.39 is 5.97 Å². The Hall–Kier alpha value is -0.610. The van der Waals surface area contributed by atoms with E-state index in [0.29, 0.717) is 16.1 Å². The monoisotopic (exact) mass is 263 g/mol. The minimum Gasteiger partial charge on any atom is -0.461 e. The molecule has 0 fully saturated rings. The molecule has 3 nitrogen and oxygen atoms in total. The zero-order valence-electron chi connectivity index (χ0n) is 6.88. The fourth-order valence-electron chi connectivity index (χ4n) is 0.731. The molecule has 0 unspecified atom stereocenters. The molecule has 1 rings (SSSR count). The largest absolute Gasteiger partial charge is 0.461 e. The third-order valence-electron chi connectivity index (χ3n) is 1.29. The van der Waals surface area contributed by atoms with Gasteiger partial charge < -0.3 is 4.74 Å². The topological polar surface area (TPSA) is 39.2 Å². The van der Waals surface area contributed by atoms with Gasteiger partial charge in [-0.2, -0.15) is 0 Å². The highest BCUT2D eigenvalue weighted by molar-refractivity contribution is 9.10. The molecule has 0 bridgehead atoms. The maximum atomic E-state index is 11.1. The first-order valence-corrected chi connectivity index (χ1v) is 4.80. The molecule has 0 aliphatic heterocycles. The van der Waals surface area contributed by atoms with E-state index in [-0.39, 0.29) is 5.69 Å². The van der Waals surface area contributed by atoms with Gasteiger partial charge in [0.15, 0.2) is 0 Å². The van der Waals surface area contributed by atoms with Gasteiger partial charge in [0.25, 0.3) is 0 Å². The van der Waals surface area contributed by atoms with Crippen LogP contribution in [0.25, 0.3) is 0 Å². The van der Waals surface area contributed by atoms with Gasteiger partial charge in [0.1, 0.15) is 5.69 Å². The fourth-order valence-corrected chi connectivity index (χ4v) is 1.10. The van der Waals surface area contributed by atoms with Crippen molar-refractivity contribution in [3.05, 3.63) is 27.5 Å². The number of carbonyl (C=O) groups is 1. The van der Waals surface area contributed by atoms with Gasteiger partial charge in [-0.1, -0.05) is 11.6 Å². The van der Waals surface area contributed by atoms with E-state index in [1.165, 1.54) is 12.3 Å². The Morgan fingerprint density at radius 2 is 2.46 bits per heavy atom. The molecular weight excluding hydrogens is 257 g/mol. The van der Waals surface area contributed by atoms with Crippen LogP contribution < -0.4 is 0 Å². The van der Waals surface area contributed by atoms with Gasteiger partial charge in [-0.15, -0.1) is 0 Å². The number of carbonyl (C=O) groups excluding carboxylic acids is 1. The number of halogens is 2. The Balaban J connectivity index is 2.90. The molecule has 0 saturated carbocycles. The molecule has 0 atom stereocenters. The molecule has 0 amide bonds. The van der Waals surface area contributed by atoms with Crippen LogP contribution in [0.4, 0.5) is 0 Å². The van der Waals surface area contributed by atoms with E-state index in [4.69, 9.17) is 16.3 Å². The van der Waals surface area contributed by atoms with Crippen molar-refractivity contribution in [2.75, 3.05) is 6.61 Å². The minimum atomic E-state index is -0.461. The summed E-state index contributed by atoms with van der Waals surface area (Å²) in [6.07, 6.45) is 1.47. The highest BCUT2D eigenvalue weighted by Crippen LogP contribution is 2.21. The predicted octanol–water partition coefficient (Wildman–Crippen LogP) is 2.67. The van der Waals surface area contributed by atoms with E-state index in [1.807, 2.05) is 0 Å². The van der Waals surface area contributed by atoms with Gasteiger partial charge in [-0.3, -0.25) is 0 Å². The van der Waals surface area contributed by atoms with Crippen LogP contribution in [0.1, 0.15) is 17.4 Å². The zero-order chi connectivity index (χ0) is 9.84. The van der Waals surface area contributed by atoms with Crippen LogP contribution in [0, 0.1) is 0 Å². The van der Waals surface area contributed by atoms with Crippen molar-refractivity contribution in [1.82, 2.24) is 4.98 Å². The van der Waals surface area contributed by atoms with Gasteiger partial charge in [0.2, 0.25) is 0 Å². The summed E-state index contributed by atoms with van der Waals surface area (Å²) < 4.78 is 5.40. The molecular formula is C8H7BrClNO2. The average molecular weight is 265 g/mol. The summed E-state index contributed by atoms with van der Waals surface area (Å²) in [6.45, 7) is 2.06. The number of hydrogen-bond donors (Lipinski definition) is 0. The quantitative estimate of drug-likeness (QED) is 0.771. The van der Waals surface area contributed by atoms with Crippen LogP contribution in [-0.2, 0) is 4.74 Å². The van der Waals surface area contributed by atoms with Crippen molar-refractivity contribution < 1.29 is 9.53 Å². The van der Waals surface area contributed by atoms with Gasteiger partial charge in [0.05, 0.1) is 16.1 Å². The SMILES string of the molecule is CCOC(=O)c1cc(Cl)c(Br)cn1. The molecule has 0 radical (unpaired) electrons. The molecule has 1 heterocycles. The number of ether oxygens (including phenoxy) is 1. The van der Waals surface area contributed by atoms with Crippen molar-refractivity contribution in [1.29, 1.82) is 0 Å². The minimum absolute atomic E-state index is 0.218. The summed E-state index contributed by atoms with van der Waals surface area (Å²) in [7, 11) is 0. The van der Waals surface area contributed by atoms with Gasteiger partial charge in [-0.25, -0.2) is 9.78 Å². The Bertz CT molecular complexity index is 330. The molecule has 70 valence electrons. The lowest BCUT2D eigenvalue weighted by Gasteiger charge is -2.01. The lowest BCUT2D eigenvalue weighted by Crippen LogP contribution is -2.06. The van der Waals surface area contributed by atoms with E-state index in [2.05, 4.69) is 20.9 Å². The Kier molecular flexibility index (Phi) is 3.69. The molecule has 13 heavy (non-hydrogen) atoms. The van der Waals surface area contributed by atoms with Crippen LogP contribution in [0.2, 0.25) is 5.02 Å². The van der Waals surface area contributed by atoms with Crippen LogP contribution in [-0.4, -0.2) is 17.6 Å². The molecule has 1 aromatic rings. The molecule has 5 heteroatoms. The van der Waals surface area contributed by atoms with Gasteiger partial charge in [-0.05, 0) is 28.9 Å². The number of pyridine rings is 1. The molecule has 0 saturated heterocycles. The molecule has 0 N–H and O–H groups in total. The highest BCUT2D eigenvalue weighted by atomic mass is 79.9. The third-order valence-corrected chi connectivity index (χ3v) is 2.47. The molecule has 0 aromatic carbocycles. The van der Waals surface area contributed by atoms with Gasteiger partial charge in [0, 0.05) is 6.20 Å². The van der Waals surface area contributed by atoms with Crippen molar-refractivity contribution in [3.63, 3.8) is 0 Å². The molecule has 0 aliphatic rings. The van der Waals surface area contributed by atoms with E-state index >= 15 is 0 Å². The third kappa shape index (κ3) is 2.67. The fraction of sp³-hybridized carbons (Fsp3) is 0.250. The second-order valence-electron chi connectivity index (χ2n) is 2.20. The first kappa shape index (κ1) is 10.5. The van der Waals surface area contributed by atoms with Crippen LogP contribution in [0.5, 0.6) is 0 Å². The Morgan fingerprint density at radius 1 is 1.77 bits per heavy atom. The smallest absolute Gasteiger partial charge is 0.356 e. The Labute approximate surface area is 89.2 Å². The first-order chi connectivity index (χ1) is 6.15. The summed E-state index contributed by atoms with van der Waals surface area (Å²) in [4.78, 5) is 15.0. The average Bonchev–Trinajstić information content (AvgIpc) is 2.10. The highest BCUT2D eigenvalue weighted by Gasteiger charge is 2.09. The summed E-state index contributed by atoms with van der Waals surface area (Å²) in [5.74, 6) is -0.461.